The monoisotopic (exact) mass is 374 g/mol. The van der Waals surface area contributed by atoms with E-state index in [1.54, 1.807) is 14.2 Å². The number of rotatable bonds is 7. The standard InChI is InChI=1S/C20H23ClN2O3/c1-25-17-10-7-15(19(21)20(17)26-2)13-22-12-14-5-8-16(9-6-14)23-11-3-4-18(23)24/h5-10,22H,3-4,11-13H2,1-2H3. The van der Waals surface area contributed by atoms with Crippen molar-refractivity contribution in [2.75, 3.05) is 25.7 Å². The van der Waals surface area contributed by atoms with Gasteiger partial charge >= 0.3 is 0 Å². The zero-order chi connectivity index (χ0) is 18.5. The van der Waals surface area contributed by atoms with Crippen molar-refractivity contribution in [1.29, 1.82) is 0 Å². The van der Waals surface area contributed by atoms with E-state index in [0.29, 0.717) is 36.0 Å². The smallest absolute Gasteiger partial charge is 0.227 e. The Morgan fingerprint density at radius 1 is 1.08 bits per heavy atom. The molecule has 1 aliphatic heterocycles. The number of nitrogens with zero attached hydrogens (tertiary/aromatic N) is 1. The Kier molecular flexibility index (Phi) is 6.01. The van der Waals surface area contributed by atoms with E-state index >= 15 is 0 Å². The molecule has 5 nitrogen and oxygen atoms in total. The van der Waals surface area contributed by atoms with Crippen molar-refractivity contribution >= 4 is 23.2 Å². The summed E-state index contributed by atoms with van der Waals surface area (Å²) in [5, 5.41) is 3.94. The summed E-state index contributed by atoms with van der Waals surface area (Å²) in [7, 11) is 3.17. The van der Waals surface area contributed by atoms with Crippen LogP contribution in [0.4, 0.5) is 5.69 Å². The predicted octanol–water partition coefficient (Wildman–Crippen LogP) is 3.77. The lowest BCUT2D eigenvalue weighted by molar-refractivity contribution is -0.117. The van der Waals surface area contributed by atoms with Gasteiger partial charge < -0.3 is 19.7 Å². The topological polar surface area (TPSA) is 50.8 Å². The number of ether oxygens (including phenoxy) is 2. The Bertz CT molecular complexity index is 777. The molecule has 26 heavy (non-hydrogen) atoms. The number of hydrogen-bond donors (Lipinski definition) is 1. The van der Waals surface area contributed by atoms with Gasteiger partial charge in [-0.3, -0.25) is 4.79 Å². The molecule has 2 aromatic carbocycles. The van der Waals surface area contributed by atoms with E-state index in [1.807, 2.05) is 41.3 Å². The Morgan fingerprint density at radius 2 is 1.85 bits per heavy atom. The molecule has 0 bridgehead atoms. The highest BCUT2D eigenvalue weighted by molar-refractivity contribution is 6.33. The molecule has 3 rings (SSSR count). The number of amides is 1. The highest BCUT2D eigenvalue weighted by Gasteiger charge is 2.21. The van der Waals surface area contributed by atoms with E-state index in [1.165, 1.54) is 0 Å². The summed E-state index contributed by atoms with van der Waals surface area (Å²) in [6.45, 7) is 2.14. The van der Waals surface area contributed by atoms with Gasteiger partial charge in [0.15, 0.2) is 11.5 Å². The van der Waals surface area contributed by atoms with Gasteiger partial charge in [-0.1, -0.05) is 29.8 Å². The average Bonchev–Trinajstić information content (AvgIpc) is 3.09. The van der Waals surface area contributed by atoms with Gasteiger partial charge in [-0.05, 0) is 35.7 Å². The van der Waals surface area contributed by atoms with Crippen LogP contribution in [0.5, 0.6) is 11.5 Å². The Morgan fingerprint density at radius 3 is 2.46 bits per heavy atom. The molecule has 0 atom stereocenters. The van der Waals surface area contributed by atoms with Crippen LogP contribution in [-0.4, -0.2) is 26.7 Å². The fourth-order valence-electron chi connectivity index (χ4n) is 3.12. The maximum atomic E-state index is 11.8. The molecule has 0 aliphatic carbocycles. The van der Waals surface area contributed by atoms with Gasteiger partial charge in [-0.2, -0.15) is 0 Å². The van der Waals surface area contributed by atoms with Crippen LogP contribution in [0.2, 0.25) is 5.02 Å². The molecule has 0 saturated carbocycles. The van der Waals surface area contributed by atoms with Gasteiger partial charge in [-0.15, -0.1) is 0 Å². The Hall–Kier alpha value is -2.24. The molecule has 0 unspecified atom stereocenters. The summed E-state index contributed by atoms with van der Waals surface area (Å²) < 4.78 is 10.6. The van der Waals surface area contributed by atoms with E-state index < -0.39 is 0 Å². The van der Waals surface area contributed by atoms with Crippen molar-refractivity contribution in [2.45, 2.75) is 25.9 Å². The molecule has 0 radical (unpaired) electrons. The van der Waals surface area contributed by atoms with Crippen molar-refractivity contribution < 1.29 is 14.3 Å². The number of anilines is 1. The van der Waals surface area contributed by atoms with Crippen LogP contribution in [0.25, 0.3) is 0 Å². The molecule has 6 heteroatoms. The molecule has 1 N–H and O–H groups in total. The molecule has 138 valence electrons. The summed E-state index contributed by atoms with van der Waals surface area (Å²) in [6, 6.07) is 11.9. The first-order valence-electron chi connectivity index (χ1n) is 8.63. The first-order chi connectivity index (χ1) is 12.6. The van der Waals surface area contributed by atoms with Gasteiger partial charge in [0.1, 0.15) is 0 Å². The minimum Gasteiger partial charge on any atom is -0.493 e. The molecule has 1 amide bonds. The van der Waals surface area contributed by atoms with Crippen LogP contribution in [-0.2, 0) is 17.9 Å². The van der Waals surface area contributed by atoms with Crippen LogP contribution >= 0.6 is 11.6 Å². The zero-order valence-corrected chi connectivity index (χ0v) is 15.8. The van der Waals surface area contributed by atoms with E-state index in [2.05, 4.69) is 5.32 Å². The Labute approximate surface area is 158 Å². The van der Waals surface area contributed by atoms with E-state index in [9.17, 15) is 4.79 Å². The largest absolute Gasteiger partial charge is 0.493 e. The van der Waals surface area contributed by atoms with Gasteiger partial charge in [0.2, 0.25) is 5.91 Å². The SMILES string of the molecule is COc1ccc(CNCc2ccc(N3CCCC3=O)cc2)c(Cl)c1OC. The third-order valence-corrected chi connectivity index (χ3v) is 4.95. The molecule has 1 fully saturated rings. The molecule has 1 saturated heterocycles. The van der Waals surface area contributed by atoms with Crippen LogP contribution in [0.1, 0.15) is 24.0 Å². The van der Waals surface area contributed by atoms with Crippen molar-refractivity contribution in [3.63, 3.8) is 0 Å². The second-order valence-corrected chi connectivity index (χ2v) is 6.57. The lowest BCUT2D eigenvalue weighted by Gasteiger charge is -2.16. The maximum Gasteiger partial charge on any atom is 0.227 e. The zero-order valence-electron chi connectivity index (χ0n) is 15.0. The molecule has 2 aromatic rings. The van der Waals surface area contributed by atoms with Crippen LogP contribution < -0.4 is 19.7 Å². The summed E-state index contributed by atoms with van der Waals surface area (Å²) in [4.78, 5) is 13.6. The normalized spacial score (nSPS) is 14.0. The van der Waals surface area contributed by atoms with Gasteiger partial charge in [-0.25, -0.2) is 0 Å². The van der Waals surface area contributed by atoms with Crippen molar-refractivity contribution in [2.24, 2.45) is 0 Å². The summed E-state index contributed by atoms with van der Waals surface area (Å²) in [6.07, 6.45) is 1.59. The quantitative estimate of drug-likeness (QED) is 0.801. The number of halogens is 1. The average molecular weight is 375 g/mol. The van der Waals surface area contributed by atoms with E-state index in [-0.39, 0.29) is 5.91 Å². The van der Waals surface area contributed by atoms with E-state index in [4.69, 9.17) is 21.1 Å². The van der Waals surface area contributed by atoms with Crippen LogP contribution in [0.3, 0.4) is 0 Å². The second kappa shape index (κ2) is 8.43. The fourth-order valence-corrected chi connectivity index (χ4v) is 3.42. The first kappa shape index (κ1) is 18.5. The number of carbonyl (C=O) groups is 1. The molecule has 1 heterocycles. The third-order valence-electron chi connectivity index (χ3n) is 4.53. The third kappa shape index (κ3) is 3.94. The fraction of sp³-hybridized carbons (Fsp3) is 0.350. The summed E-state index contributed by atoms with van der Waals surface area (Å²) in [5.74, 6) is 1.38. The maximum absolute atomic E-state index is 11.8. The molecule has 1 aliphatic rings. The minimum absolute atomic E-state index is 0.207. The number of carbonyl (C=O) groups excluding carboxylic acids is 1. The molecule has 0 aromatic heterocycles. The Balaban J connectivity index is 1.59. The van der Waals surface area contributed by atoms with Crippen LogP contribution in [0.15, 0.2) is 36.4 Å². The van der Waals surface area contributed by atoms with Gasteiger partial charge in [0.05, 0.1) is 19.2 Å². The highest BCUT2D eigenvalue weighted by atomic mass is 35.5. The van der Waals surface area contributed by atoms with Gasteiger partial charge in [0, 0.05) is 31.7 Å². The van der Waals surface area contributed by atoms with Crippen molar-refractivity contribution in [3.05, 3.63) is 52.5 Å². The van der Waals surface area contributed by atoms with Crippen LogP contribution in [0, 0.1) is 0 Å². The van der Waals surface area contributed by atoms with E-state index in [0.717, 1.165) is 29.8 Å². The molecular formula is C20H23ClN2O3. The number of nitrogens with one attached hydrogen (secondary N) is 1. The highest BCUT2D eigenvalue weighted by Crippen LogP contribution is 2.37. The number of methoxy groups -OCH3 is 2. The second-order valence-electron chi connectivity index (χ2n) is 6.19. The predicted molar refractivity (Wildman–Crippen MR) is 103 cm³/mol. The van der Waals surface area contributed by atoms with Gasteiger partial charge in [0.25, 0.3) is 0 Å². The number of hydrogen-bond acceptors (Lipinski definition) is 4. The van der Waals surface area contributed by atoms with Crippen molar-refractivity contribution in [1.82, 2.24) is 5.32 Å². The van der Waals surface area contributed by atoms with Crippen molar-refractivity contribution in [3.8, 4) is 11.5 Å². The molecular weight excluding hydrogens is 352 g/mol. The lowest BCUT2D eigenvalue weighted by atomic mass is 10.1. The number of benzene rings is 2. The minimum atomic E-state index is 0.207. The lowest BCUT2D eigenvalue weighted by Crippen LogP contribution is -2.23. The molecule has 0 spiro atoms. The summed E-state index contributed by atoms with van der Waals surface area (Å²) >= 11 is 6.40. The first-order valence-corrected chi connectivity index (χ1v) is 9.01. The summed E-state index contributed by atoms with van der Waals surface area (Å²) in [5.41, 5.74) is 3.07.